The molecule has 0 saturated heterocycles. The summed E-state index contributed by atoms with van der Waals surface area (Å²) in [6.07, 6.45) is -1.17. The zero-order chi connectivity index (χ0) is 30.1. The van der Waals surface area contributed by atoms with Crippen molar-refractivity contribution in [2.45, 2.75) is 84.0 Å². The minimum Gasteiger partial charge on any atom is -0.481 e. The maximum Gasteiger partial charge on any atom is 0.490 e. The zero-order valence-electron chi connectivity index (χ0n) is 21.6. The number of amides is 2. The number of aliphatic imine (C=N–C) groups is 1. The van der Waals surface area contributed by atoms with E-state index in [2.05, 4.69) is 15.6 Å². The Morgan fingerprint density at radius 2 is 1.42 bits per heavy atom. The van der Waals surface area contributed by atoms with Gasteiger partial charge in [-0.15, -0.1) is 0 Å². The van der Waals surface area contributed by atoms with Gasteiger partial charge in [0.25, 0.3) is 0 Å². The van der Waals surface area contributed by atoms with Crippen molar-refractivity contribution in [1.82, 2.24) is 10.6 Å². The molecule has 2 amide bonds. The molecule has 0 fully saturated rings. The molecule has 0 aliphatic heterocycles. The Kier molecular flexibility index (Phi) is 17.9. The fourth-order valence-corrected chi connectivity index (χ4v) is 3.03. The number of carboxylic acid groups (broad SMARTS) is 3. The fraction of sp³-hybridized carbons (Fsp3) is 0.727. The van der Waals surface area contributed by atoms with E-state index in [1.54, 1.807) is 13.8 Å². The largest absolute Gasteiger partial charge is 0.490 e. The summed E-state index contributed by atoms with van der Waals surface area (Å²) in [4.78, 5) is 60.4. The number of guanidine groups is 1. The Morgan fingerprint density at radius 1 is 0.895 bits per heavy atom. The van der Waals surface area contributed by atoms with Crippen LogP contribution in [0.15, 0.2) is 4.99 Å². The predicted molar refractivity (Wildman–Crippen MR) is 130 cm³/mol. The Labute approximate surface area is 218 Å². The lowest BCUT2D eigenvalue weighted by atomic mass is 9.96. The number of rotatable bonds is 16. The second-order valence-corrected chi connectivity index (χ2v) is 8.65. The number of alkyl halides is 3. The number of hydrogen-bond acceptors (Lipinski definition) is 6. The van der Waals surface area contributed by atoms with Gasteiger partial charge in [0.15, 0.2) is 5.96 Å². The van der Waals surface area contributed by atoms with E-state index in [9.17, 15) is 37.5 Å². The molecule has 0 radical (unpaired) electrons. The molecule has 16 heteroatoms. The van der Waals surface area contributed by atoms with Crippen molar-refractivity contribution in [2.24, 2.45) is 28.3 Å². The lowest BCUT2D eigenvalue weighted by Crippen LogP contribution is -2.54. The SMILES string of the molecule is CC[C@H](CCCCCCN=C(N)N)C(=O)N[C@@H](CC(=O)O)C(=O)N[C@H](C(=O)O)C(C)C.O=C(O)C(F)(F)F. The molecule has 0 spiro atoms. The number of carbonyl (C=O) groups is 5. The van der Waals surface area contributed by atoms with Gasteiger partial charge in [-0.3, -0.25) is 19.4 Å². The van der Waals surface area contributed by atoms with Crippen molar-refractivity contribution in [3.05, 3.63) is 0 Å². The van der Waals surface area contributed by atoms with Crippen molar-refractivity contribution in [3.63, 3.8) is 0 Å². The van der Waals surface area contributed by atoms with Crippen LogP contribution in [-0.2, 0) is 24.0 Å². The van der Waals surface area contributed by atoms with E-state index in [1.807, 2.05) is 6.92 Å². The predicted octanol–water partition coefficient (Wildman–Crippen LogP) is 1.05. The lowest BCUT2D eigenvalue weighted by molar-refractivity contribution is -0.192. The molecule has 0 aromatic carbocycles. The van der Waals surface area contributed by atoms with E-state index in [0.717, 1.165) is 25.7 Å². The number of nitrogens with two attached hydrogens (primary N) is 2. The van der Waals surface area contributed by atoms with Gasteiger partial charge in [0.1, 0.15) is 12.1 Å². The van der Waals surface area contributed by atoms with Crippen LogP contribution in [0.5, 0.6) is 0 Å². The van der Waals surface area contributed by atoms with Crippen molar-refractivity contribution < 1.29 is 52.5 Å². The first kappa shape index (κ1) is 36.6. The Bertz CT molecular complexity index is 817. The highest BCUT2D eigenvalue weighted by Gasteiger charge is 2.38. The van der Waals surface area contributed by atoms with Gasteiger partial charge in [0.2, 0.25) is 11.8 Å². The summed E-state index contributed by atoms with van der Waals surface area (Å²) in [6.45, 7) is 5.64. The van der Waals surface area contributed by atoms with Crippen molar-refractivity contribution in [1.29, 1.82) is 0 Å². The van der Waals surface area contributed by atoms with Crippen LogP contribution in [0.1, 0.15) is 65.7 Å². The third kappa shape index (κ3) is 17.8. The highest BCUT2D eigenvalue weighted by Crippen LogP contribution is 2.16. The first-order chi connectivity index (χ1) is 17.4. The van der Waals surface area contributed by atoms with Gasteiger partial charge in [-0.1, -0.05) is 40.0 Å². The van der Waals surface area contributed by atoms with Crippen molar-refractivity contribution in [2.75, 3.05) is 6.54 Å². The van der Waals surface area contributed by atoms with Crippen LogP contribution >= 0.6 is 0 Å². The van der Waals surface area contributed by atoms with Gasteiger partial charge in [-0.2, -0.15) is 13.2 Å². The summed E-state index contributed by atoms with van der Waals surface area (Å²) in [5.74, 6) is -7.22. The van der Waals surface area contributed by atoms with Crippen molar-refractivity contribution in [3.8, 4) is 0 Å². The van der Waals surface area contributed by atoms with E-state index in [0.29, 0.717) is 19.4 Å². The summed E-state index contributed by atoms with van der Waals surface area (Å²) < 4.78 is 31.7. The third-order valence-electron chi connectivity index (χ3n) is 5.10. The number of nitrogens with zero attached hydrogens (tertiary/aromatic N) is 1. The maximum atomic E-state index is 12.6. The monoisotopic (exact) mass is 557 g/mol. The Balaban J connectivity index is 0. The first-order valence-electron chi connectivity index (χ1n) is 11.8. The number of aliphatic carboxylic acids is 3. The van der Waals surface area contributed by atoms with Crippen LogP contribution in [0.2, 0.25) is 0 Å². The highest BCUT2D eigenvalue weighted by atomic mass is 19.4. The molecule has 0 unspecified atom stereocenters. The van der Waals surface area contributed by atoms with Crippen LogP contribution in [0.4, 0.5) is 13.2 Å². The van der Waals surface area contributed by atoms with Crippen molar-refractivity contribution >= 4 is 35.7 Å². The molecular weight excluding hydrogens is 519 g/mol. The Morgan fingerprint density at radius 3 is 1.82 bits per heavy atom. The quantitative estimate of drug-likeness (QED) is 0.0809. The van der Waals surface area contributed by atoms with Gasteiger partial charge in [-0.25, -0.2) is 9.59 Å². The topological polar surface area (TPSA) is 234 Å². The molecule has 0 aliphatic rings. The highest BCUT2D eigenvalue weighted by molar-refractivity contribution is 5.93. The minimum absolute atomic E-state index is 0.0609. The molecule has 0 heterocycles. The number of carboxylic acids is 3. The van der Waals surface area contributed by atoms with Gasteiger partial charge >= 0.3 is 24.1 Å². The summed E-state index contributed by atoms with van der Waals surface area (Å²) >= 11 is 0. The van der Waals surface area contributed by atoms with E-state index >= 15 is 0 Å². The van der Waals surface area contributed by atoms with Crippen LogP contribution in [-0.4, -0.2) is 75.8 Å². The first-order valence-corrected chi connectivity index (χ1v) is 11.8. The summed E-state index contributed by atoms with van der Waals surface area (Å²) in [5.41, 5.74) is 10.5. The number of carbonyl (C=O) groups excluding carboxylic acids is 2. The second kappa shape index (κ2) is 18.6. The zero-order valence-corrected chi connectivity index (χ0v) is 21.6. The second-order valence-electron chi connectivity index (χ2n) is 8.65. The Hall–Kier alpha value is -3.59. The summed E-state index contributed by atoms with van der Waals surface area (Å²) in [7, 11) is 0. The summed E-state index contributed by atoms with van der Waals surface area (Å²) in [6, 6.07) is -2.53. The van der Waals surface area contributed by atoms with Gasteiger partial charge < -0.3 is 37.4 Å². The molecule has 220 valence electrons. The molecule has 38 heavy (non-hydrogen) atoms. The normalized spacial score (nSPS) is 13.2. The third-order valence-corrected chi connectivity index (χ3v) is 5.10. The van der Waals surface area contributed by atoms with Crippen LogP contribution in [0.25, 0.3) is 0 Å². The van der Waals surface area contributed by atoms with E-state index in [-0.39, 0.29) is 11.9 Å². The molecule has 0 aromatic heterocycles. The molecule has 0 aromatic rings. The average Bonchev–Trinajstić information content (AvgIpc) is 2.77. The average molecular weight is 558 g/mol. The molecular formula is C22H38F3N5O8. The van der Waals surface area contributed by atoms with Gasteiger partial charge in [-0.05, 0) is 25.2 Å². The van der Waals surface area contributed by atoms with Gasteiger partial charge in [0.05, 0.1) is 6.42 Å². The van der Waals surface area contributed by atoms with Crippen LogP contribution < -0.4 is 22.1 Å². The van der Waals surface area contributed by atoms with E-state index in [1.165, 1.54) is 0 Å². The molecule has 0 bridgehead atoms. The molecule has 0 rings (SSSR count). The minimum atomic E-state index is -5.08. The molecule has 0 aliphatic carbocycles. The number of nitrogens with one attached hydrogen (secondary N) is 2. The van der Waals surface area contributed by atoms with Gasteiger partial charge in [0, 0.05) is 12.5 Å². The number of unbranched alkanes of at least 4 members (excludes halogenated alkanes) is 3. The fourth-order valence-electron chi connectivity index (χ4n) is 3.03. The standard InChI is InChI=1S/C20H37N5O6.C2HF3O2/c1-4-13(9-7-5-6-8-10-23-20(21)22)17(28)24-14(11-15(26)27)18(29)25-16(12(2)3)19(30)31;3-2(4,5)1(6)7/h12-14,16H,4-11H2,1-3H3,(H,24,28)(H,25,29)(H,26,27)(H,30,31)(H4,21,22,23);(H,6,7)/t13-,14+,16+;/m1./s1. The smallest absolute Gasteiger partial charge is 0.481 e. The van der Waals surface area contributed by atoms with E-state index in [4.69, 9.17) is 26.5 Å². The number of hydrogen-bond donors (Lipinski definition) is 7. The van der Waals surface area contributed by atoms with Crippen LogP contribution in [0, 0.1) is 11.8 Å². The maximum absolute atomic E-state index is 12.6. The molecule has 13 nitrogen and oxygen atoms in total. The number of halogens is 3. The molecule has 0 saturated carbocycles. The molecule has 9 N–H and O–H groups in total. The lowest BCUT2D eigenvalue weighted by Gasteiger charge is -2.24. The van der Waals surface area contributed by atoms with Crippen LogP contribution in [0.3, 0.4) is 0 Å². The molecule has 3 atom stereocenters. The summed E-state index contributed by atoms with van der Waals surface area (Å²) in [5, 5.41) is 30.3. The van der Waals surface area contributed by atoms with E-state index < -0.39 is 60.3 Å².